The molecule has 0 fully saturated rings. The number of carbonyl (C=O) groups is 2. The SMILES string of the molecule is N#CCC[C@@H](NC(=O)Cc1cccc(C(F)(F)F)c1)C(N)=O. The summed E-state index contributed by atoms with van der Waals surface area (Å²) in [6.45, 7) is 0. The minimum Gasteiger partial charge on any atom is -0.368 e. The fourth-order valence-electron chi connectivity index (χ4n) is 1.78. The maximum Gasteiger partial charge on any atom is 0.416 e. The number of halogens is 3. The molecule has 0 unspecified atom stereocenters. The van der Waals surface area contributed by atoms with Crippen molar-refractivity contribution in [3.63, 3.8) is 0 Å². The van der Waals surface area contributed by atoms with E-state index in [1.807, 2.05) is 6.07 Å². The van der Waals surface area contributed by atoms with Crippen LogP contribution in [-0.4, -0.2) is 17.9 Å². The van der Waals surface area contributed by atoms with Gasteiger partial charge in [0.1, 0.15) is 6.04 Å². The minimum atomic E-state index is -4.49. The Kier molecular flexibility index (Phi) is 5.92. The highest BCUT2D eigenvalue weighted by molar-refractivity contribution is 5.87. The largest absolute Gasteiger partial charge is 0.416 e. The lowest BCUT2D eigenvalue weighted by molar-refractivity contribution is -0.137. The van der Waals surface area contributed by atoms with Gasteiger partial charge in [-0.1, -0.05) is 18.2 Å². The molecule has 0 aliphatic rings. The Labute approximate surface area is 124 Å². The number of benzene rings is 1. The third-order valence-electron chi connectivity index (χ3n) is 2.84. The molecule has 0 aromatic heterocycles. The Morgan fingerprint density at radius 3 is 2.59 bits per heavy atom. The molecule has 1 rings (SSSR count). The molecule has 118 valence electrons. The average Bonchev–Trinajstić information content (AvgIpc) is 2.42. The number of hydrogen-bond donors (Lipinski definition) is 2. The molecule has 3 N–H and O–H groups in total. The maximum absolute atomic E-state index is 12.6. The molecule has 8 heteroatoms. The van der Waals surface area contributed by atoms with E-state index in [-0.39, 0.29) is 24.8 Å². The number of hydrogen-bond acceptors (Lipinski definition) is 3. The van der Waals surface area contributed by atoms with E-state index in [1.165, 1.54) is 12.1 Å². The summed E-state index contributed by atoms with van der Waals surface area (Å²) < 4.78 is 37.7. The molecule has 0 aliphatic heterocycles. The smallest absolute Gasteiger partial charge is 0.368 e. The lowest BCUT2D eigenvalue weighted by Gasteiger charge is -2.14. The van der Waals surface area contributed by atoms with Crippen molar-refractivity contribution in [2.24, 2.45) is 5.73 Å². The Bertz CT molecular complexity index is 594. The second-order valence-electron chi connectivity index (χ2n) is 4.59. The monoisotopic (exact) mass is 313 g/mol. The number of carbonyl (C=O) groups excluding carboxylic acids is 2. The van der Waals surface area contributed by atoms with Gasteiger partial charge in [-0.3, -0.25) is 9.59 Å². The Hall–Kier alpha value is -2.56. The highest BCUT2D eigenvalue weighted by Gasteiger charge is 2.30. The lowest BCUT2D eigenvalue weighted by Crippen LogP contribution is -2.44. The number of nitrogens with one attached hydrogen (secondary N) is 1. The minimum absolute atomic E-state index is 0.0252. The zero-order valence-electron chi connectivity index (χ0n) is 11.5. The molecular weight excluding hydrogens is 299 g/mol. The Balaban J connectivity index is 2.72. The molecule has 0 spiro atoms. The van der Waals surface area contributed by atoms with Crippen molar-refractivity contribution in [2.45, 2.75) is 31.5 Å². The van der Waals surface area contributed by atoms with Crippen molar-refractivity contribution < 1.29 is 22.8 Å². The third-order valence-corrected chi connectivity index (χ3v) is 2.84. The molecule has 1 atom stereocenters. The Morgan fingerprint density at radius 2 is 2.05 bits per heavy atom. The molecule has 1 aromatic carbocycles. The zero-order chi connectivity index (χ0) is 16.8. The first-order valence-electron chi connectivity index (χ1n) is 6.36. The number of amides is 2. The summed E-state index contributed by atoms with van der Waals surface area (Å²) in [6.07, 6.45) is -4.73. The predicted molar refractivity (Wildman–Crippen MR) is 71.1 cm³/mol. The van der Waals surface area contributed by atoms with Crippen LogP contribution in [0.25, 0.3) is 0 Å². The van der Waals surface area contributed by atoms with E-state index in [9.17, 15) is 22.8 Å². The van der Waals surface area contributed by atoms with Gasteiger partial charge < -0.3 is 11.1 Å². The molecule has 0 radical (unpaired) electrons. The summed E-state index contributed by atoms with van der Waals surface area (Å²) >= 11 is 0. The van der Waals surface area contributed by atoms with Crippen LogP contribution in [0.5, 0.6) is 0 Å². The summed E-state index contributed by atoms with van der Waals surface area (Å²) in [5, 5.41) is 10.8. The highest BCUT2D eigenvalue weighted by atomic mass is 19.4. The van der Waals surface area contributed by atoms with Crippen LogP contribution in [0, 0.1) is 11.3 Å². The van der Waals surface area contributed by atoms with E-state index < -0.39 is 29.6 Å². The molecule has 5 nitrogen and oxygen atoms in total. The molecular formula is C14H14F3N3O2. The standard InChI is InChI=1S/C14H14F3N3O2/c15-14(16,17)10-4-1-3-9(7-10)8-12(21)20-11(13(19)22)5-2-6-18/h1,3-4,7,11H,2,5,8H2,(H2,19,22)(H,20,21)/t11-/m1/s1. The third kappa shape index (κ3) is 5.44. The zero-order valence-corrected chi connectivity index (χ0v) is 11.5. The van der Waals surface area contributed by atoms with Crippen LogP contribution >= 0.6 is 0 Å². The maximum atomic E-state index is 12.6. The molecule has 1 aromatic rings. The first-order chi connectivity index (χ1) is 10.2. The molecule has 0 bridgehead atoms. The summed E-state index contributed by atoms with van der Waals surface area (Å²) in [7, 11) is 0. The van der Waals surface area contributed by atoms with Crippen molar-refractivity contribution in [1.82, 2.24) is 5.32 Å². The van der Waals surface area contributed by atoms with Crippen molar-refractivity contribution >= 4 is 11.8 Å². The van der Waals surface area contributed by atoms with E-state index in [1.54, 1.807) is 0 Å². The number of primary amides is 1. The van der Waals surface area contributed by atoms with Crippen molar-refractivity contribution in [3.8, 4) is 6.07 Å². The van der Waals surface area contributed by atoms with Gasteiger partial charge in [0, 0.05) is 6.42 Å². The number of alkyl halides is 3. The van der Waals surface area contributed by atoms with Crippen molar-refractivity contribution in [3.05, 3.63) is 35.4 Å². The summed E-state index contributed by atoms with van der Waals surface area (Å²) in [5.74, 6) is -1.44. The van der Waals surface area contributed by atoms with Crippen LogP contribution in [0.1, 0.15) is 24.0 Å². The van der Waals surface area contributed by atoms with Crippen LogP contribution in [0.4, 0.5) is 13.2 Å². The number of nitrogens with zero attached hydrogens (tertiary/aromatic N) is 1. The van der Waals surface area contributed by atoms with Gasteiger partial charge in [0.05, 0.1) is 18.1 Å². The van der Waals surface area contributed by atoms with E-state index >= 15 is 0 Å². The normalized spacial score (nSPS) is 12.3. The highest BCUT2D eigenvalue weighted by Crippen LogP contribution is 2.29. The molecule has 22 heavy (non-hydrogen) atoms. The van der Waals surface area contributed by atoms with Gasteiger partial charge in [-0.2, -0.15) is 18.4 Å². The van der Waals surface area contributed by atoms with Crippen LogP contribution in [-0.2, 0) is 22.2 Å². The van der Waals surface area contributed by atoms with Crippen LogP contribution in [0.3, 0.4) is 0 Å². The van der Waals surface area contributed by atoms with Crippen LogP contribution in [0.2, 0.25) is 0 Å². The van der Waals surface area contributed by atoms with Gasteiger partial charge in [0.15, 0.2) is 0 Å². The van der Waals surface area contributed by atoms with E-state index in [0.717, 1.165) is 12.1 Å². The number of nitriles is 1. The van der Waals surface area contributed by atoms with Crippen molar-refractivity contribution in [1.29, 1.82) is 5.26 Å². The van der Waals surface area contributed by atoms with Gasteiger partial charge >= 0.3 is 6.18 Å². The molecule has 0 saturated heterocycles. The molecule has 2 amide bonds. The van der Waals surface area contributed by atoms with Gasteiger partial charge in [0.25, 0.3) is 0 Å². The van der Waals surface area contributed by atoms with E-state index in [0.29, 0.717) is 0 Å². The topological polar surface area (TPSA) is 96.0 Å². The van der Waals surface area contributed by atoms with Gasteiger partial charge in [0.2, 0.25) is 11.8 Å². The second-order valence-corrected chi connectivity index (χ2v) is 4.59. The van der Waals surface area contributed by atoms with Crippen LogP contribution in [0.15, 0.2) is 24.3 Å². The van der Waals surface area contributed by atoms with E-state index in [2.05, 4.69) is 5.32 Å². The molecule has 0 aliphatic carbocycles. The van der Waals surface area contributed by atoms with Crippen molar-refractivity contribution in [2.75, 3.05) is 0 Å². The number of nitrogens with two attached hydrogens (primary N) is 1. The first-order valence-corrected chi connectivity index (χ1v) is 6.36. The predicted octanol–water partition coefficient (Wildman–Crippen LogP) is 1.52. The fraction of sp³-hybridized carbons (Fsp3) is 0.357. The summed E-state index contributed by atoms with van der Waals surface area (Å²) in [6, 6.07) is 5.15. The Morgan fingerprint density at radius 1 is 1.36 bits per heavy atom. The second kappa shape index (κ2) is 7.45. The summed E-state index contributed by atoms with van der Waals surface area (Å²) in [5.41, 5.74) is 4.40. The van der Waals surface area contributed by atoms with Gasteiger partial charge in [-0.05, 0) is 18.1 Å². The molecule has 0 heterocycles. The molecule has 0 saturated carbocycles. The van der Waals surface area contributed by atoms with Gasteiger partial charge in [-0.15, -0.1) is 0 Å². The fourth-order valence-corrected chi connectivity index (χ4v) is 1.78. The quantitative estimate of drug-likeness (QED) is 0.833. The number of rotatable bonds is 6. The van der Waals surface area contributed by atoms with Gasteiger partial charge in [-0.25, -0.2) is 0 Å². The first kappa shape index (κ1) is 17.5. The lowest BCUT2D eigenvalue weighted by atomic mass is 10.1. The van der Waals surface area contributed by atoms with E-state index in [4.69, 9.17) is 11.0 Å². The summed E-state index contributed by atoms with van der Waals surface area (Å²) in [4.78, 5) is 22.9. The van der Waals surface area contributed by atoms with Crippen LogP contribution < -0.4 is 11.1 Å². The average molecular weight is 313 g/mol.